The van der Waals surface area contributed by atoms with E-state index in [9.17, 15) is 18.1 Å². The number of nitrogens with zero attached hydrogens (tertiary/aromatic N) is 3. The van der Waals surface area contributed by atoms with Crippen molar-refractivity contribution in [3.63, 3.8) is 0 Å². The SMILES string of the molecule is Cc1ccc(-c2nc(-c3ccccc3)nc(-c3ccc(S(=O)(=O)[O-])cc3)n2)c(O)c1.[Na+]. The van der Waals surface area contributed by atoms with E-state index in [0.717, 1.165) is 11.1 Å². The van der Waals surface area contributed by atoms with Crippen LogP contribution in [0.25, 0.3) is 34.2 Å². The Morgan fingerprint density at radius 1 is 0.774 bits per heavy atom. The molecule has 7 nitrogen and oxygen atoms in total. The number of phenols is 1. The van der Waals surface area contributed by atoms with E-state index in [0.29, 0.717) is 17.0 Å². The van der Waals surface area contributed by atoms with E-state index in [-0.39, 0.29) is 51.9 Å². The van der Waals surface area contributed by atoms with Crippen molar-refractivity contribution in [3.05, 3.63) is 78.4 Å². The molecule has 9 heteroatoms. The first kappa shape index (κ1) is 23.1. The second-order valence-corrected chi connectivity index (χ2v) is 8.05. The summed E-state index contributed by atoms with van der Waals surface area (Å²) in [6.07, 6.45) is 0. The fourth-order valence-corrected chi connectivity index (χ4v) is 3.41. The van der Waals surface area contributed by atoms with Gasteiger partial charge in [0.15, 0.2) is 17.5 Å². The van der Waals surface area contributed by atoms with Gasteiger partial charge in [-0.15, -0.1) is 0 Å². The third-order valence-electron chi connectivity index (χ3n) is 4.46. The molecule has 0 saturated carbocycles. The standard InChI is InChI=1S/C22H17N3O4S.Na/c1-14-7-12-18(19(26)13-14)22-24-20(15-5-3-2-4-6-15)23-21(25-22)16-8-10-17(11-9-16)30(27,28)29;/h2-13,26H,1H3,(H,27,28,29);/q;+1/p-1. The molecular weight excluding hydrogens is 425 g/mol. The molecule has 0 saturated heterocycles. The molecule has 0 aliphatic heterocycles. The fourth-order valence-electron chi connectivity index (χ4n) is 2.94. The zero-order valence-electron chi connectivity index (χ0n) is 16.9. The summed E-state index contributed by atoms with van der Waals surface area (Å²) in [4.78, 5) is 13.2. The van der Waals surface area contributed by atoms with Crippen molar-refractivity contribution in [2.75, 3.05) is 0 Å². The molecule has 0 bridgehead atoms. The molecule has 4 rings (SSSR count). The van der Waals surface area contributed by atoms with Crippen molar-refractivity contribution < 1.29 is 47.6 Å². The molecule has 0 aliphatic rings. The number of benzene rings is 3. The van der Waals surface area contributed by atoms with E-state index in [1.54, 1.807) is 12.1 Å². The molecule has 1 N–H and O–H groups in total. The Morgan fingerprint density at radius 3 is 1.87 bits per heavy atom. The smallest absolute Gasteiger partial charge is 0.744 e. The van der Waals surface area contributed by atoms with E-state index < -0.39 is 10.1 Å². The summed E-state index contributed by atoms with van der Waals surface area (Å²) in [6, 6.07) is 19.8. The van der Waals surface area contributed by atoms with Crippen molar-refractivity contribution in [2.24, 2.45) is 0 Å². The Balaban J connectivity index is 0.00000272. The third-order valence-corrected chi connectivity index (χ3v) is 5.31. The van der Waals surface area contributed by atoms with Crippen LogP contribution in [-0.4, -0.2) is 33.0 Å². The van der Waals surface area contributed by atoms with Gasteiger partial charge in [-0.1, -0.05) is 36.4 Å². The molecule has 150 valence electrons. The fraction of sp³-hybridized carbons (Fsp3) is 0.0455. The zero-order chi connectivity index (χ0) is 21.3. The maximum absolute atomic E-state index is 11.2. The molecule has 0 fully saturated rings. The summed E-state index contributed by atoms with van der Waals surface area (Å²) >= 11 is 0. The van der Waals surface area contributed by atoms with Gasteiger partial charge in [0.1, 0.15) is 15.9 Å². The summed E-state index contributed by atoms with van der Waals surface area (Å²) in [5.74, 6) is 1.00. The number of aromatic nitrogens is 3. The van der Waals surface area contributed by atoms with Gasteiger partial charge in [-0.3, -0.25) is 0 Å². The Bertz CT molecular complexity index is 1330. The molecule has 31 heavy (non-hydrogen) atoms. The van der Waals surface area contributed by atoms with Gasteiger partial charge in [0.25, 0.3) is 0 Å². The number of aryl methyl sites for hydroxylation is 1. The minimum absolute atomic E-state index is 0. The van der Waals surface area contributed by atoms with Crippen LogP contribution in [0.1, 0.15) is 5.56 Å². The number of aromatic hydroxyl groups is 1. The van der Waals surface area contributed by atoms with Crippen molar-refractivity contribution in [1.29, 1.82) is 0 Å². The Labute approximate surface area is 201 Å². The summed E-state index contributed by atoms with van der Waals surface area (Å²) in [5.41, 5.74) is 2.60. The van der Waals surface area contributed by atoms with Gasteiger partial charge in [-0.25, -0.2) is 23.4 Å². The van der Waals surface area contributed by atoms with Gasteiger partial charge in [0, 0.05) is 11.1 Å². The van der Waals surface area contributed by atoms with E-state index in [4.69, 9.17) is 0 Å². The van der Waals surface area contributed by atoms with Crippen LogP contribution in [-0.2, 0) is 10.1 Å². The molecule has 4 aromatic rings. The van der Waals surface area contributed by atoms with Crippen LogP contribution in [0.3, 0.4) is 0 Å². The average molecular weight is 441 g/mol. The largest absolute Gasteiger partial charge is 1.00 e. The maximum Gasteiger partial charge on any atom is 1.00 e. The van der Waals surface area contributed by atoms with E-state index in [1.165, 1.54) is 24.3 Å². The monoisotopic (exact) mass is 441 g/mol. The molecule has 0 atom stereocenters. The molecule has 1 aromatic heterocycles. The van der Waals surface area contributed by atoms with Crippen molar-refractivity contribution in [2.45, 2.75) is 11.8 Å². The third kappa shape index (κ3) is 5.17. The van der Waals surface area contributed by atoms with Gasteiger partial charge in [0.05, 0.1) is 10.5 Å². The average Bonchev–Trinajstić information content (AvgIpc) is 2.73. The summed E-state index contributed by atoms with van der Waals surface area (Å²) in [6.45, 7) is 1.86. The van der Waals surface area contributed by atoms with Crippen LogP contribution < -0.4 is 29.6 Å². The van der Waals surface area contributed by atoms with Gasteiger partial charge < -0.3 is 9.66 Å². The summed E-state index contributed by atoms with van der Waals surface area (Å²) < 4.78 is 33.6. The van der Waals surface area contributed by atoms with E-state index >= 15 is 0 Å². The Kier molecular flexibility index (Phi) is 6.88. The second-order valence-electron chi connectivity index (χ2n) is 6.67. The topological polar surface area (TPSA) is 116 Å². The number of rotatable bonds is 4. The first-order valence-electron chi connectivity index (χ1n) is 8.99. The van der Waals surface area contributed by atoms with E-state index in [2.05, 4.69) is 15.0 Å². The van der Waals surface area contributed by atoms with Crippen LogP contribution in [0.4, 0.5) is 0 Å². The Morgan fingerprint density at radius 2 is 1.32 bits per heavy atom. The molecule has 3 aromatic carbocycles. The number of hydrogen-bond acceptors (Lipinski definition) is 7. The molecule has 0 amide bonds. The van der Waals surface area contributed by atoms with E-state index in [1.807, 2.05) is 43.3 Å². The maximum atomic E-state index is 11.2. The van der Waals surface area contributed by atoms with Crippen LogP contribution in [0.2, 0.25) is 0 Å². The first-order valence-corrected chi connectivity index (χ1v) is 10.4. The van der Waals surface area contributed by atoms with Crippen molar-refractivity contribution in [3.8, 4) is 39.9 Å². The quantitative estimate of drug-likeness (QED) is 0.368. The van der Waals surface area contributed by atoms with Crippen LogP contribution in [0.5, 0.6) is 5.75 Å². The minimum atomic E-state index is -4.55. The van der Waals surface area contributed by atoms with Crippen molar-refractivity contribution in [1.82, 2.24) is 15.0 Å². The molecule has 0 radical (unpaired) electrons. The summed E-state index contributed by atoms with van der Waals surface area (Å²) in [7, 11) is -4.55. The van der Waals surface area contributed by atoms with Gasteiger partial charge in [0.2, 0.25) is 0 Å². The molecule has 0 spiro atoms. The molecule has 0 unspecified atom stereocenters. The normalized spacial score (nSPS) is 11.0. The van der Waals surface area contributed by atoms with Crippen molar-refractivity contribution >= 4 is 10.1 Å². The second kappa shape index (κ2) is 9.25. The Hall–Kier alpha value is -2.62. The predicted molar refractivity (Wildman–Crippen MR) is 111 cm³/mol. The van der Waals surface area contributed by atoms with Gasteiger partial charge in [-0.2, -0.15) is 0 Å². The van der Waals surface area contributed by atoms with Gasteiger partial charge in [-0.05, 0) is 48.9 Å². The summed E-state index contributed by atoms with van der Waals surface area (Å²) in [5, 5.41) is 10.4. The minimum Gasteiger partial charge on any atom is -0.744 e. The van der Waals surface area contributed by atoms with Gasteiger partial charge >= 0.3 is 29.6 Å². The molecule has 1 heterocycles. The molecule has 0 aliphatic carbocycles. The number of hydrogen-bond donors (Lipinski definition) is 1. The number of phenolic OH excluding ortho intramolecular Hbond substituents is 1. The predicted octanol–water partition coefficient (Wildman–Crippen LogP) is 0.795. The zero-order valence-corrected chi connectivity index (χ0v) is 19.7. The first-order chi connectivity index (χ1) is 14.3. The van der Waals surface area contributed by atoms with Crippen LogP contribution in [0, 0.1) is 6.92 Å². The van der Waals surface area contributed by atoms with Crippen LogP contribution >= 0.6 is 0 Å². The molecular formula is C22H16N3NaO4S. The van der Waals surface area contributed by atoms with Crippen LogP contribution in [0.15, 0.2) is 77.7 Å².